The van der Waals surface area contributed by atoms with E-state index in [-0.39, 0.29) is 11.1 Å². The summed E-state index contributed by atoms with van der Waals surface area (Å²) in [5.41, 5.74) is 9.23. The van der Waals surface area contributed by atoms with Crippen LogP contribution in [0.2, 0.25) is 0 Å². The Morgan fingerprint density at radius 3 is 1.00 bits per heavy atom. The summed E-state index contributed by atoms with van der Waals surface area (Å²) in [6.45, 7) is 8.27. The number of carbonyl (C=O) groups is 2. The first-order chi connectivity index (χ1) is 13.2. The lowest BCUT2D eigenvalue weighted by atomic mass is 9.83. The molecule has 0 aliphatic carbocycles. The monoisotopic (exact) mass is 374 g/mol. The Balaban J connectivity index is 2.16. The zero-order chi connectivity index (χ0) is 20.6. The minimum atomic E-state index is -0.937. The third-order valence-corrected chi connectivity index (χ3v) is 5.47. The minimum absolute atomic E-state index is 0.266. The average Bonchev–Trinajstić information content (AvgIpc) is 2.67. The summed E-state index contributed by atoms with van der Waals surface area (Å²) in [7, 11) is 0. The minimum Gasteiger partial charge on any atom is -0.478 e. The Bertz CT molecular complexity index is 958. The summed E-state index contributed by atoms with van der Waals surface area (Å²) in [4.78, 5) is 22.2. The molecule has 3 aromatic rings. The Labute approximate surface area is 164 Å². The lowest BCUT2D eigenvalue weighted by Crippen LogP contribution is -2.01. The van der Waals surface area contributed by atoms with E-state index in [2.05, 4.69) is 27.7 Å². The molecule has 2 N–H and O–H groups in total. The van der Waals surface area contributed by atoms with Crippen LogP contribution in [0.3, 0.4) is 0 Å². The molecule has 3 aromatic carbocycles. The summed E-state index contributed by atoms with van der Waals surface area (Å²) >= 11 is 0. The van der Waals surface area contributed by atoms with E-state index in [9.17, 15) is 9.59 Å². The quantitative estimate of drug-likeness (QED) is 0.619. The zero-order valence-corrected chi connectivity index (χ0v) is 16.3. The van der Waals surface area contributed by atoms with E-state index in [1.165, 1.54) is 0 Å². The number of rotatable bonds is 4. The smallest absolute Gasteiger partial charge is 0.335 e. The maximum Gasteiger partial charge on any atom is 0.335 e. The highest BCUT2D eigenvalue weighted by atomic mass is 16.4. The van der Waals surface area contributed by atoms with Crippen molar-refractivity contribution in [2.45, 2.75) is 27.7 Å². The Morgan fingerprint density at radius 1 is 0.536 bits per heavy atom. The molecule has 0 atom stereocenters. The van der Waals surface area contributed by atoms with Gasteiger partial charge in [-0.2, -0.15) is 0 Å². The van der Waals surface area contributed by atoms with Gasteiger partial charge in [-0.25, -0.2) is 9.59 Å². The summed E-state index contributed by atoms with van der Waals surface area (Å²) in [5, 5.41) is 18.2. The molecule has 0 aliphatic heterocycles. The SMILES string of the molecule is Cc1c(C)c(-c2ccc(C(=O)O)cc2)c(C)c(C)c1-c1ccc(C(=O)O)cc1. The first kappa shape index (κ1) is 19.4. The molecule has 0 bridgehead atoms. The molecule has 0 radical (unpaired) electrons. The van der Waals surface area contributed by atoms with E-state index in [1.807, 2.05) is 24.3 Å². The van der Waals surface area contributed by atoms with Gasteiger partial charge in [0, 0.05) is 0 Å². The van der Waals surface area contributed by atoms with Gasteiger partial charge in [-0.05, 0) is 96.5 Å². The number of carboxylic acid groups (broad SMARTS) is 2. The molecule has 0 unspecified atom stereocenters. The van der Waals surface area contributed by atoms with Crippen LogP contribution in [0.1, 0.15) is 43.0 Å². The van der Waals surface area contributed by atoms with E-state index in [0.717, 1.165) is 44.5 Å². The van der Waals surface area contributed by atoms with Crippen molar-refractivity contribution in [3.05, 3.63) is 81.9 Å². The molecule has 3 rings (SSSR count). The standard InChI is InChI=1S/C24H22O4/c1-13-14(2)22(18-7-11-20(12-8-18)24(27)28)16(4)15(3)21(13)17-5-9-19(10-6-17)23(25)26/h5-12H,1-4H3,(H,25,26)(H,27,28). The molecule has 28 heavy (non-hydrogen) atoms. The lowest BCUT2D eigenvalue weighted by molar-refractivity contribution is 0.0686. The van der Waals surface area contributed by atoms with Crippen LogP contribution in [0.25, 0.3) is 22.3 Å². The second-order valence-corrected chi connectivity index (χ2v) is 7.02. The molecule has 0 saturated carbocycles. The van der Waals surface area contributed by atoms with Gasteiger partial charge in [0.1, 0.15) is 0 Å². The number of hydrogen-bond acceptors (Lipinski definition) is 2. The normalized spacial score (nSPS) is 10.7. The van der Waals surface area contributed by atoms with Gasteiger partial charge in [0.15, 0.2) is 0 Å². The van der Waals surface area contributed by atoms with Crippen LogP contribution in [0.5, 0.6) is 0 Å². The molecule has 0 saturated heterocycles. The number of carboxylic acids is 2. The van der Waals surface area contributed by atoms with Crippen LogP contribution in [0.15, 0.2) is 48.5 Å². The Kier molecular flexibility index (Phi) is 5.06. The topological polar surface area (TPSA) is 74.6 Å². The van der Waals surface area contributed by atoms with Crippen molar-refractivity contribution >= 4 is 11.9 Å². The fourth-order valence-corrected chi connectivity index (χ4v) is 3.74. The molecule has 0 spiro atoms. The number of benzene rings is 3. The van der Waals surface area contributed by atoms with E-state index in [0.29, 0.717) is 0 Å². The Hall–Kier alpha value is -3.40. The van der Waals surface area contributed by atoms with Crippen molar-refractivity contribution in [3.8, 4) is 22.3 Å². The predicted molar refractivity (Wildman–Crippen MR) is 110 cm³/mol. The van der Waals surface area contributed by atoms with Crippen LogP contribution >= 0.6 is 0 Å². The van der Waals surface area contributed by atoms with Crippen molar-refractivity contribution < 1.29 is 19.8 Å². The van der Waals surface area contributed by atoms with Crippen molar-refractivity contribution in [1.82, 2.24) is 0 Å². The summed E-state index contributed by atoms with van der Waals surface area (Å²) < 4.78 is 0. The van der Waals surface area contributed by atoms with Gasteiger partial charge in [0.2, 0.25) is 0 Å². The molecule has 0 aromatic heterocycles. The summed E-state index contributed by atoms with van der Waals surface area (Å²) in [6, 6.07) is 13.9. The molecule has 142 valence electrons. The van der Waals surface area contributed by atoms with Gasteiger partial charge < -0.3 is 10.2 Å². The van der Waals surface area contributed by atoms with E-state index in [1.54, 1.807) is 24.3 Å². The fraction of sp³-hybridized carbons (Fsp3) is 0.167. The van der Waals surface area contributed by atoms with Gasteiger partial charge >= 0.3 is 11.9 Å². The average molecular weight is 374 g/mol. The van der Waals surface area contributed by atoms with Gasteiger partial charge in [0.25, 0.3) is 0 Å². The number of hydrogen-bond donors (Lipinski definition) is 2. The third kappa shape index (κ3) is 3.29. The zero-order valence-electron chi connectivity index (χ0n) is 16.3. The van der Waals surface area contributed by atoms with Crippen LogP contribution in [0.4, 0.5) is 0 Å². The van der Waals surface area contributed by atoms with Crippen LogP contribution < -0.4 is 0 Å². The molecular weight excluding hydrogens is 352 g/mol. The van der Waals surface area contributed by atoms with Gasteiger partial charge in [-0.1, -0.05) is 24.3 Å². The molecule has 0 amide bonds. The Morgan fingerprint density at radius 2 is 0.786 bits per heavy atom. The van der Waals surface area contributed by atoms with Crippen molar-refractivity contribution in [1.29, 1.82) is 0 Å². The maximum atomic E-state index is 11.1. The highest BCUT2D eigenvalue weighted by Gasteiger charge is 2.18. The third-order valence-electron chi connectivity index (χ3n) is 5.47. The number of aromatic carboxylic acids is 2. The molecule has 0 aliphatic rings. The van der Waals surface area contributed by atoms with Gasteiger partial charge in [-0.15, -0.1) is 0 Å². The predicted octanol–water partition coefficient (Wildman–Crippen LogP) is 5.65. The van der Waals surface area contributed by atoms with Crippen molar-refractivity contribution in [2.24, 2.45) is 0 Å². The first-order valence-electron chi connectivity index (χ1n) is 9.00. The second-order valence-electron chi connectivity index (χ2n) is 7.02. The van der Waals surface area contributed by atoms with E-state index >= 15 is 0 Å². The maximum absolute atomic E-state index is 11.1. The second kappa shape index (κ2) is 7.31. The molecule has 0 fully saturated rings. The fourth-order valence-electron chi connectivity index (χ4n) is 3.74. The highest BCUT2D eigenvalue weighted by Crippen LogP contribution is 2.39. The van der Waals surface area contributed by atoms with E-state index < -0.39 is 11.9 Å². The van der Waals surface area contributed by atoms with Gasteiger partial charge in [0.05, 0.1) is 11.1 Å². The highest BCUT2D eigenvalue weighted by molar-refractivity contribution is 5.90. The van der Waals surface area contributed by atoms with E-state index in [4.69, 9.17) is 10.2 Å². The van der Waals surface area contributed by atoms with Crippen molar-refractivity contribution in [2.75, 3.05) is 0 Å². The van der Waals surface area contributed by atoms with Crippen molar-refractivity contribution in [3.63, 3.8) is 0 Å². The molecule has 0 heterocycles. The van der Waals surface area contributed by atoms with Crippen LogP contribution in [-0.2, 0) is 0 Å². The van der Waals surface area contributed by atoms with Gasteiger partial charge in [-0.3, -0.25) is 0 Å². The summed E-state index contributed by atoms with van der Waals surface area (Å²) in [5.74, 6) is -1.87. The lowest BCUT2D eigenvalue weighted by Gasteiger charge is -2.21. The summed E-state index contributed by atoms with van der Waals surface area (Å²) in [6.07, 6.45) is 0. The van der Waals surface area contributed by atoms with Crippen LogP contribution in [-0.4, -0.2) is 22.2 Å². The molecule has 4 heteroatoms. The van der Waals surface area contributed by atoms with Crippen LogP contribution in [0, 0.1) is 27.7 Å². The molecular formula is C24H22O4. The molecule has 4 nitrogen and oxygen atoms in total. The first-order valence-corrected chi connectivity index (χ1v) is 9.00. The largest absolute Gasteiger partial charge is 0.478 e.